The number of anilines is 1. The van der Waals surface area contributed by atoms with Crippen LogP contribution in [0.1, 0.15) is 23.5 Å². The fraction of sp³-hybridized carbons (Fsp3) is 0.400. The zero-order chi connectivity index (χ0) is 13.2. The van der Waals surface area contributed by atoms with E-state index in [0.717, 1.165) is 26.1 Å². The molecule has 0 fully saturated rings. The van der Waals surface area contributed by atoms with Gasteiger partial charge in [-0.05, 0) is 24.6 Å². The molecule has 1 unspecified atom stereocenters. The molecule has 0 spiro atoms. The Hall–Kier alpha value is -1.81. The van der Waals surface area contributed by atoms with Gasteiger partial charge in [-0.1, -0.05) is 18.2 Å². The van der Waals surface area contributed by atoms with Gasteiger partial charge in [-0.2, -0.15) is 5.10 Å². The number of aryl methyl sites for hydroxylation is 1. The molecule has 19 heavy (non-hydrogen) atoms. The zero-order valence-corrected chi connectivity index (χ0v) is 11.3. The Labute approximate surface area is 113 Å². The number of nitrogens with two attached hydrogens (primary N) is 1. The molecular weight excluding hydrogens is 236 g/mol. The number of fused-ring (bicyclic) bond motifs is 1. The van der Waals surface area contributed by atoms with Crippen molar-refractivity contribution in [3.8, 4) is 0 Å². The molecule has 3 rings (SSSR count). The Morgan fingerprint density at radius 1 is 1.37 bits per heavy atom. The first-order valence-electron chi connectivity index (χ1n) is 6.79. The van der Waals surface area contributed by atoms with Gasteiger partial charge in [-0.25, -0.2) is 0 Å². The van der Waals surface area contributed by atoms with E-state index in [2.05, 4.69) is 40.5 Å². The molecule has 1 aromatic carbocycles. The fourth-order valence-electron chi connectivity index (χ4n) is 2.96. The Morgan fingerprint density at radius 3 is 2.95 bits per heavy atom. The minimum atomic E-state index is 0.567. The first-order chi connectivity index (χ1) is 9.28. The third-order valence-corrected chi connectivity index (χ3v) is 3.80. The highest BCUT2D eigenvalue weighted by atomic mass is 15.2. The van der Waals surface area contributed by atoms with Crippen molar-refractivity contribution in [2.24, 2.45) is 12.8 Å². The van der Waals surface area contributed by atoms with Gasteiger partial charge in [0.25, 0.3) is 0 Å². The molecule has 1 aliphatic rings. The van der Waals surface area contributed by atoms with Crippen molar-refractivity contribution in [2.75, 3.05) is 18.0 Å². The van der Waals surface area contributed by atoms with Gasteiger partial charge in [0.2, 0.25) is 0 Å². The minimum Gasteiger partial charge on any atom is -0.366 e. The molecule has 4 heteroatoms. The lowest BCUT2D eigenvalue weighted by Gasteiger charge is -2.19. The van der Waals surface area contributed by atoms with Crippen molar-refractivity contribution >= 4 is 5.69 Å². The number of benzene rings is 1. The summed E-state index contributed by atoms with van der Waals surface area (Å²) < 4.78 is 1.86. The average Bonchev–Trinajstić information content (AvgIpc) is 2.97. The summed E-state index contributed by atoms with van der Waals surface area (Å²) in [5.41, 5.74) is 9.78. The van der Waals surface area contributed by atoms with E-state index in [1.807, 2.05) is 17.9 Å². The number of nitrogens with zero attached hydrogens (tertiary/aromatic N) is 3. The quantitative estimate of drug-likeness (QED) is 0.908. The number of aromatic nitrogens is 2. The maximum Gasteiger partial charge on any atom is 0.0539 e. The first-order valence-corrected chi connectivity index (χ1v) is 6.79. The van der Waals surface area contributed by atoms with E-state index >= 15 is 0 Å². The molecule has 4 nitrogen and oxygen atoms in total. The smallest absolute Gasteiger partial charge is 0.0539 e. The molecular formula is C15H20N4. The van der Waals surface area contributed by atoms with E-state index < -0.39 is 0 Å². The predicted molar refractivity (Wildman–Crippen MR) is 77.1 cm³/mol. The Balaban J connectivity index is 1.84. The van der Waals surface area contributed by atoms with Crippen LogP contribution in [0.2, 0.25) is 0 Å². The van der Waals surface area contributed by atoms with Crippen LogP contribution in [0, 0.1) is 0 Å². The lowest BCUT2D eigenvalue weighted by Crippen LogP contribution is -2.21. The second kappa shape index (κ2) is 5.05. The normalized spacial score (nSPS) is 17.8. The van der Waals surface area contributed by atoms with E-state index in [1.54, 1.807) is 0 Å². The SMILES string of the molecule is Cn1cc(CN2CC(CCN)c3ccccc32)cn1. The van der Waals surface area contributed by atoms with Gasteiger partial charge in [0.15, 0.2) is 0 Å². The Bertz CT molecular complexity index is 561. The maximum absolute atomic E-state index is 5.73. The highest BCUT2D eigenvalue weighted by Gasteiger charge is 2.27. The maximum atomic E-state index is 5.73. The van der Waals surface area contributed by atoms with Crippen LogP contribution in [0.4, 0.5) is 5.69 Å². The Morgan fingerprint density at radius 2 is 2.21 bits per heavy atom. The summed E-state index contributed by atoms with van der Waals surface area (Å²) in [5.74, 6) is 0.567. The molecule has 0 saturated heterocycles. The lowest BCUT2D eigenvalue weighted by molar-refractivity contribution is 0.644. The summed E-state index contributed by atoms with van der Waals surface area (Å²) in [6.07, 6.45) is 5.08. The van der Waals surface area contributed by atoms with Gasteiger partial charge in [0.05, 0.1) is 6.20 Å². The van der Waals surface area contributed by atoms with Crippen LogP contribution in [-0.4, -0.2) is 22.9 Å². The number of hydrogen-bond donors (Lipinski definition) is 1. The van der Waals surface area contributed by atoms with Gasteiger partial charge >= 0.3 is 0 Å². The second-order valence-corrected chi connectivity index (χ2v) is 5.24. The van der Waals surface area contributed by atoms with Crippen molar-refractivity contribution in [3.05, 3.63) is 47.8 Å². The molecule has 2 heterocycles. The average molecular weight is 256 g/mol. The minimum absolute atomic E-state index is 0.567. The zero-order valence-electron chi connectivity index (χ0n) is 11.3. The topological polar surface area (TPSA) is 47.1 Å². The molecule has 0 bridgehead atoms. The van der Waals surface area contributed by atoms with Gasteiger partial charge < -0.3 is 10.6 Å². The summed E-state index contributed by atoms with van der Waals surface area (Å²) in [5, 5.41) is 4.24. The Kier molecular flexibility index (Phi) is 3.25. The summed E-state index contributed by atoms with van der Waals surface area (Å²) in [6, 6.07) is 8.68. The molecule has 0 saturated carbocycles. The second-order valence-electron chi connectivity index (χ2n) is 5.24. The van der Waals surface area contributed by atoms with Gasteiger partial charge in [0, 0.05) is 43.5 Å². The molecule has 100 valence electrons. The monoisotopic (exact) mass is 256 g/mol. The van der Waals surface area contributed by atoms with Gasteiger partial charge in [0.1, 0.15) is 0 Å². The van der Waals surface area contributed by atoms with Crippen molar-refractivity contribution in [3.63, 3.8) is 0 Å². The molecule has 1 atom stereocenters. The third-order valence-electron chi connectivity index (χ3n) is 3.80. The summed E-state index contributed by atoms with van der Waals surface area (Å²) in [6.45, 7) is 2.73. The lowest BCUT2D eigenvalue weighted by atomic mass is 9.98. The van der Waals surface area contributed by atoms with Crippen molar-refractivity contribution in [2.45, 2.75) is 18.9 Å². The van der Waals surface area contributed by atoms with E-state index in [1.165, 1.54) is 16.8 Å². The molecule has 1 aliphatic heterocycles. The molecule has 2 aromatic rings. The summed E-state index contributed by atoms with van der Waals surface area (Å²) >= 11 is 0. The van der Waals surface area contributed by atoms with E-state index in [-0.39, 0.29) is 0 Å². The van der Waals surface area contributed by atoms with Crippen molar-refractivity contribution < 1.29 is 0 Å². The molecule has 0 radical (unpaired) electrons. The van der Waals surface area contributed by atoms with Gasteiger partial charge in [-0.15, -0.1) is 0 Å². The van der Waals surface area contributed by atoms with Gasteiger partial charge in [-0.3, -0.25) is 4.68 Å². The largest absolute Gasteiger partial charge is 0.366 e. The number of para-hydroxylation sites is 1. The standard InChI is InChI=1S/C15H20N4/c1-18-9-12(8-17-18)10-19-11-13(6-7-16)14-4-2-3-5-15(14)19/h2-5,8-9,13H,6-7,10-11,16H2,1H3. The van der Waals surface area contributed by atoms with Crippen LogP contribution in [-0.2, 0) is 13.6 Å². The number of rotatable bonds is 4. The van der Waals surface area contributed by atoms with Crippen LogP contribution < -0.4 is 10.6 Å². The van der Waals surface area contributed by atoms with Crippen molar-refractivity contribution in [1.82, 2.24) is 9.78 Å². The first kappa shape index (κ1) is 12.2. The number of hydrogen-bond acceptors (Lipinski definition) is 3. The highest BCUT2D eigenvalue weighted by molar-refractivity contribution is 5.60. The molecule has 1 aromatic heterocycles. The molecule has 0 aliphatic carbocycles. The fourth-order valence-corrected chi connectivity index (χ4v) is 2.96. The summed E-state index contributed by atoms with van der Waals surface area (Å²) in [7, 11) is 1.96. The van der Waals surface area contributed by atoms with Crippen LogP contribution >= 0.6 is 0 Å². The van der Waals surface area contributed by atoms with Crippen LogP contribution in [0.3, 0.4) is 0 Å². The van der Waals surface area contributed by atoms with Crippen LogP contribution in [0.15, 0.2) is 36.7 Å². The van der Waals surface area contributed by atoms with Crippen LogP contribution in [0.25, 0.3) is 0 Å². The summed E-state index contributed by atoms with van der Waals surface area (Å²) in [4.78, 5) is 2.44. The molecule has 2 N–H and O–H groups in total. The van der Waals surface area contributed by atoms with E-state index in [4.69, 9.17) is 5.73 Å². The predicted octanol–water partition coefficient (Wildman–Crippen LogP) is 1.87. The third kappa shape index (κ3) is 2.36. The van der Waals surface area contributed by atoms with Crippen LogP contribution in [0.5, 0.6) is 0 Å². The van der Waals surface area contributed by atoms with E-state index in [0.29, 0.717) is 5.92 Å². The molecule has 0 amide bonds. The van der Waals surface area contributed by atoms with E-state index in [9.17, 15) is 0 Å². The highest BCUT2D eigenvalue weighted by Crippen LogP contribution is 2.38. The van der Waals surface area contributed by atoms with Crippen molar-refractivity contribution in [1.29, 1.82) is 0 Å².